The fourth-order valence-corrected chi connectivity index (χ4v) is 1.73. The quantitative estimate of drug-likeness (QED) is 0.589. The first-order chi connectivity index (χ1) is 8.26. The fraction of sp³-hybridized carbons (Fsp3) is 0.273. The van der Waals surface area contributed by atoms with Gasteiger partial charge in [-0.1, -0.05) is 17.3 Å². The molecule has 0 fully saturated rings. The Bertz CT molecular complexity index is 496. The molecule has 1 aromatic heterocycles. The van der Waals surface area contributed by atoms with Gasteiger partial charge in [0.15, 0.2) is 0 Å². The summed E-state index contributed by atoms with van der Waals surface area (Å²) in [5.74, 6) is 6.39. The van der Waals surface area contributed by atoms with Gasteiger partial charge in [-0.2, -0.15) is 0 Å². The van der Waals surface area contributed by atoms with Crippen molar-refractivity contribution in [2.75, 3.05) is 7.11 Å². The summed E-state index contributed by atoms with van der Waals surface area (Å²) in [6.07, 6.45) is 1.68. The molecule has 0 aliphatic rings. The van der Waals surface area contributed by atoms with Crippen LogP contribution in [-0.2, 0) is 7.05 Å². The van der Waals surface area contributed by atoms with Gasteiger partial charge in [-0.15, -0.1) is 5.10 Å². The Balaban J connectivity index is 2.38. The predicted octanol–water partition coefficient (Wildman–Crippen LogP) is 0.376. The van der Waals surface area contributed by atoms with Crippen LogP contribution in [0.15, 0.2) is 30.5 Å². The van der Waals surface area contributed by atoms with Crippen molar-refractivity contribution in [3.8, 4) is 5.75 Å². The first kappa shape index (κ1) is 11.6. The molecule has 90 valence electrons. The molecule has 6 heteroatoms. The molecule has 6 nitrogen and oxygen atoms in total. The van der Waals surface area contributed by atoms with Crippen LogP contribution in [0.5, 0.6) is 5.75 Å². The zero-order valence-electron chi connectivity index (χ0n) is 9.79. The van der Waals surface area contributed by atoms with Crippen LogP contribution in [0.25, 0.3) is 0 Å². The third-order valence-corrected chi connectivity index (χ3v) is 2.64. The first-order valence-electron chi connectivity index (χ1n) is 5.21. The summed E-state index contributed by atoms with van der Waals surface area (Å²) < 4.78 is 6.87. The number of nitrogens with zero attached hydrogens (tertiary/aromatic N) is 3. The minimum absolute atomic E-state index is 0.162. The van der Waals surface area contributed by atoms with Gasteiger partial charge in [0, 0.05) is 7.05 Å². The normalized spacial score (nSPS) is 12.4. The van der Waals surface area contributed by atoms with Crippen molar-refractivity contribution in [1.29, 1.82) is 0 Å². The molecule has 2 rings (SSSR count). The molecular weight excluding hydrogens is 218 g/mol. The highest BCUT2D eigenvalue weighted by molar-refractivity contribution is 5.34. The maximum absolute atomic E-state index is 5.60. The summed E-state index contributed by atoms with van der Waals surface area (Å²) in [5, 5.41) is 7.74. The number of aromatic nitrogens is 3. The zero-order chi connectivity index (χ0) is 12.3. The van der Waals surface area contributed by atoms with Crippen LogP contribution >= 0.6 is 0 Å². The van der Waals surface area contributed by atoms with E-state index in [4.69, 9.17) is 10.6 Å². The summed E-state index contributed by atoms with van der Waals surface area (Å²) in [5.41, 5.74) is 4.64. The van der Waals surface area contributed by atoms with Crippen LogP contribution in [0.1, 0.15) is 17.3 Å². The third-order valence-electron chi connectivity index (χ3n) is 2.64. The maximum Gasteiger partial charge on any atom is 0.119 e. The number of hydrogen-bond donors (Lipinski definition) is 2. The highest BCUT2D eigenvalue weighted by Crippen LogP contribution is 2.23. The molecule has 0 bridgehead atoms. The van der Waals surface area contributed by atoms with E-state index < -0.39 is 0 Å². The lowest BCUT2D eigenvalue weighted by molar-refractivity contribution is 0.413. The molecule has 0 saturated heterocycles. The number of ether oxygens (including phenoxy) is 1. The van der Waals surface area contributed by atoms with Crippen LogP contribution in [0.3, 0.4) is 0 Å². The molecule has 2 aromatic rings. The molecule has 0 aliphatic heterocycles. The molecule has 1 aromatic carbocycles. The smallest absolute Gasteiger partial charge is 0.119 e. The molecule has 1 heterocycles. The second-order valence-corrected chi connectivity index (χ2v) is 3.66. The summed E-state index contributed by atoms with van der Waals surface area (Å²) in [7, 11) is 3.46. The number of hydrazine groups is 1. The van der Waals surface area contributed by atoms with E-state index >= 15 is 0 Å². The van der Waals surface area contributed by atoms with Crippen molar-refractivity contribution in [2.24, 2.45) is 12.9 Å². The number of benzene rings is 1. The molecule has 17 heavy (non-hydrogen) atoms. The largest absolute Gasteiger partial charge is 0.497 e. The van der Waals surface area contributed by atoms with Crippen molar-refractivity contribution >= 4 is 0 Å². The Labute approximate surface area is 99.4 Å². The SMILES string of the molecule is COc1cccc(C(NN)c2cnnn2C)c1. The first-order valence-corrected chi connectivity index (χ1v) is 5.21. The summed E-state index contributed by atoms with van der Waals surface area (Å²) in [4.78, 5) is 0. The van der Waals surface area contributed by atoms with E-state index in [1.54, 1.807) is 18.0 Å². The van der Waals surface area contributed by atoms with E-state index in [0.29, 0.717) is 0 Å². The topological polar surface area (TPSA) is 78.0 Å². The predicted molar refractivity (Wildman–Crippen MR) is 63.2 cm³/mol. The zero-order valence-corrected chi connectivity index (χ0v) is 9.79. The van der Waals surface area contributed by atoms with Gasteiger partial charge in [0.1, 0.15) is 5.75 Å². The van der Waals surface area contributed by atoms with E-state index in [-0.39, 0.29) is 6.04 Å². The Kier molecular flexibility index (Phi) is 3.36. The average Bonchev–Trinajstić information content (AvgIpc) is 2.77. The van der Waals surface area contributed by atoms with Crippen LogP contribution in [0.2, 0.25) is 0 Å². The Morgan fingerprint density at radius 3 is 2.88 bits per heavy atom. The van der Waals surface area contributed by atoms with Gasteiger partial charge in [-0.25, -0.2) is 5.43 Å². The monoisotopic (exact) mass is 233 g/mol. The number of hydrogen-bond acceptors (Lipinski definition) is 5. The Morgan fingerprint density at radius 2 is 2.29 bits per heavy atom. The number of aryl methyl sites for hydroxylation is 1. The standard InChI is InChI=1S/C11H15N5O/c1-16-10(7-13-15-16)11(14-12)8-4-3-5-9(6-8)17-2/h3-7,11,14H,12H2,1-2H3. The van der Waals surface area contributed by atoms with Gasteiger partial charge in [-0.05, 0) is 17.7 Å². The lowest BCUT2D eigenvalue weighted by Gasteiger charge is -2.16. The molecular formula is C11H15N5O. The Hall–Kier alpha value is -1.92. The van der Waals surface area contributed by atoms with E-state index in [1.165, 1.54) is 0 Å². The van der Waals surface area contributed by atoms with Gasteiger partial charge >= 0.3 is 0 Å². The molecule has 1 unspecified atom stereocenters. The van der Waals surface area contributed by atoms with Crippen LogP contribution in [-0.4, -0.2) is 22.1 Å². The average molecular weight is 233 g/mol. The number of rotatable bonds is 4. The summed E-state index contributed by atoms with van der Waals surface area (Å²) >= 11 is 0. The van der Waals surface area contributed by atoms with Gasteiger partial charge in [-0.3, -0.25) is 10.5 Å². The van der Waals surface area contributed by atoms with E-state index in [0.717, 1.165) is 17.0 Å². The molecule has 3 N–H and O–H groups in total. The summed E-state index contributed by atoms with van der Waals surface area (Å²) in [6.45, 7) is 0. The Morgan fingerprint density at radius 1 is 1.47 bits per heavy atom. The minimum atomic E-state index is -0.162. The van der Waals surface area contributed by atoms with E-state index in [1.807, 2.05) is 31.3 Å². The highest BCUT2D eigenvalue weighted by Gasteiger charge is 2.16. The van der Waals surface area contributed by atoms with Crippen molar-refractivity contribution in [3.63, 3.8) is 0 Å². The second-order valence-electron chi connectivity index (χ2n) is 3.66. The molecule has 0 spiro atoms. The number of nitrogens with one attached hydrogen (secondary N) is 1. The van der Waals surface area contributed by atoms with Crippen LogP contribution in [0.4, 0.5) is 0 Å². The highest BCUT2D eigenvalue weighted by atomic mass is 16.5. The molecule has 0 saturated carbocycles. The van der Waals surface area contributed by atoms with Crippen molar-refractivity contribution in [3.05, 3.63) is 41.7 Å². The summed E-state index contributed by atoms with van der Waals surface area (Å²) in [6, 6.07) is 7.54. The van der Waals surface area contributed by atoms with Crippen LogP contribution in [0, 0.1) is 0 Å². The lowest BCUT2D eigenvalue weighted by atomic mass is 10.0. The molecule has 0 aliphatic carbocycles. The van der Waals surface area contributed by atoms with E-state index in [2.05, 4.69) is 15.7 Å². The third kappa shape index (κ3) is 2.27. The second kappa shape index (κ2) is 4.94. The molecule has 1 atom stereocenters. The van der Waals surface area contributed by atoms with Crippen molar-refractivity contribution in [1.82, 2.24) is 20.4 Å². The number of nitrogens with two attached hydrogens (primary N) is 1. The van der Waals surface area contributed by atoms with E-state index in [9.17, 15) is 0 Å². The molecule has 0 amide bonds. The fourth-order valence-electron chi connectivity index (χ4n) is 1.73. The van der Waals surface area contributed by atoms with Gasteiger partial charge in [0.05, 0.1) is 25.0 Å². The van der Waals surface area contributed by atoms with Crippen molar-refractivity contribution in [2.45, 2.75) is 6.04 Å². The van der Waals surface area contributed by atoms with Gasteiger partial charge in [0.25, 0.3) is 0 Å². The molecule has 0 radical (unpaired) electrons. The number of methoxy groups -OCH3 is 1. The van der Waals surface area contributed by atoms with Gasteiger partial charge < -0.3 is 4.74 Å². The van der Waals surface area contributed by atoms with Gasteiger partial charge in [0.2, 0.25) is 0 Å². The maximum atomic E-state index is 5.60. The lowest BCUT2D eigenvalue weighted by Crippen LogP contribution is -2.30. The minimum Gasteiger partial charge on any atom is -0.497 e. The van der Waals surface area contributed by atoms with Crippen molar-refractivity contribution < 1.29 is 4.74 Å². The van der Waals surface area contributed by atoms with Crippen LogP contribution < -0.4 is 16.0 Å².